The molecule has 0 bridgehead atoms. The van der Waals surface area contributed by atoms with Crippen molar-refractivity contribution < 1.29 is 14.3 Å². The number of carboxylic acid groups (broad SMARTS) is 1. The van der Waals surface area contributed by atoms with Crippen LogP contribution in [0.5, 0.6) is 0 Å². The molecule has 0 unspecified atom stereocenters. The van der Waals surface area contributed by atoms with E-state index >= 15 is 0 Å². The third-order valence-corrected chi connectivity index (χ3v) is 3.36. The number of carboxylic acids is 1. The summed E-state index contributed by atoms with van der Waals surface area (Å²) in [7, 11) is 0. The van der Waals surface area contributed by atoms with Crippen LogP contribution >= 0.6 is 0 Å². The molecule has 0 radical (unpaired) electrons. The van der Waals surface area contributed by atoms with Gasteiger partial charge in [-0.05, 0) is 55.0 Å². The lowest BCUT2D eigenvalue weighted by Gasteiger charge is -2.07. The molecule has 3 rings (SSSR count). The molecule has 0 saturated heterocycles. The molecule has 0 spiro atoms. The summed E-state index contributed by atoms with van der Waals surface area (Å²) in [4.78, 5) is 10.9. The van der Waals surface area contributed by atoms with Gasteiger partial charge in [-0.2, -0.15) is 0 Å². The Bertz CT molecular complexity index is 841. The van der Waals surface area contributed by atoms with Crippen molar-refractivity contribution in [2.24, 2.45) is 0 Å². The van der Waals surface area contributed by atoms with Gasteiger partial charge >= 0.3 is 5.97 Å². The summed E-state index contributed by atoms with van der Waals surface area (Å²) in [5.74, 6) is -1.26. The highest BCUT2D eigenvalue weighted by Crippen LogP contribution is 2.23. The maximum atomic E-state index is 13.4. The van der Waals surface area contributed by atoms with Crippen LogP contribution in [-0.4, -0.2) is 26.1 Å². The molecule has 0 fully saturated rings. The van der Waals surface area contributed by atoms with Crippen molar-refractivity contribution in [3.05, 3.63) is 65.6 Å². The van der Waals surface area contributed by atoms with Crippen molar-refractivity contribution in [1.82, 2.24) is 15.0 Å². The number of benzene rings is 2. The van der Waals surface area contributed by atoms with Crippen LogP contribution in [0.2, 0.25) is 0 Å². The maximum absolute atomic E-state index is 13.4. The Kier molecular flexibility index (Phi) is 3.42. The first kappa shape index (κ1) is 13.9. The van der Waals surface area contributed by atoms with Crippen molar-refractivity contribution in [1.29, 1.82) is 0 Å². The fourth-order valence-electron chi connectivity index (χ4n) is 2.17. The summed E-state index contributed by atoms with van der Waals surface area (Å²) in [6, 6.07) is 11.1. The van der Waals surface area contributed by atoms with Crippen LogP contribution in [0.4, 0.5) is 4.39 Å². The lowest BCUT2D eigenvalue weighted by Crippen LogP contribution is -2.01. The zero-order valence-electron chi connectivity index (χ0n) is 11.7. The van der Waals surface area contributed by atoms with E-state index in [9.17, 15) is 9.18 Å². The predicted molar refractivity (Wildman–Crippen MR) is 78.4 cm³/mol. The van der Waals surface area contributed by atoms with Crippen molar-refractivity contribution in [2.45, 2.75) is 6.92 Å². The van der Waals surface area contributed by atoms with Crippen molar-refractivity contribution in [3.8, 4) is 16.9 Å². The van der Waals surface area contributed by atoms with E-state index < -0.39 is 5.97 Å². The third-order valence-electron chi connectivity index (χ3n) is 3.36. The van der Waals surface area contributed by atoms with Crippen LogP contribution in [0.25, 0.3) is 16.9 Å². The van der Waals surface area contributed by atoms with Crippen LogP contribution < -0.4 is 0 Å². The molecule has 1 aromatic heterocycles. The van der Waals surface area contributed by atoms with Crippen molar-refractivity contribution in [2.75, 3.05) is 0 Å². The highest BCUT2D eigenvalue weighted by Gasteiger charge is 2.11. The first-order valence-electron chi connectivity index (χ1n) is 6.57. The molecule has 0 aliphatic rings. The normalized spacial score (nSPS) is 10.6. The minimum absolute atomic E-state index is 0.197. The Morgan fingerprint density at radius 1 is 1.18 bits per heavy atom. The Labute approximate surface area is 125 Å². The van der Waals surface area contributed by atoms with Crippen LogP contribution in [0.15, 0.2) is 48.7 Å². The summed E-state index contributed by atoms with van der Waals surface area (Å²) in [6.45, 7) is 1.69. The summed E-state index contributed by atoms with van der Waals surface area (Å²) >= 11 is 0. The Morgan fingerprint density at radius 3 is 2.55 bits per heavy atom. The first-order valence-corrected chi connectivity index (χ1v) is 6.57. The number of hydrogen-bond acceptors (Lipinski definition) is 3. The third kappa shape index (κ3) is 2.46. The standard InChI is InChI=1S/C16H12FN3O2/c1-10-8-12(4-7-14(10)17)15-9-18-19-20(15)13-5-2-11(3-6-13)16(21)22/h2-9H,1H3,(H,21,22). The number of carbonyl (C=O) groups is 1. The van der Waals surface area contributed by atoms with E-state index in [0.717, 1.165) is 5.56 Å². The molecule has 1 N–H and O–H groups in total. The average molecular weight is 297 g/mol. The van der Waals surface area contributed by atoms with Gasteiger partial charge in [0.2, 0.25) is 0 Å². The molecule has 110 valence electrons. The molecule has 1 heterocycles. The van der Waals surface area contributed by atoms with E-state index in [1.165, 1.54) is 18.2 Å². The predicted octanol–water partition coefficient (Wildman–Crippen LogP) is 3.08. The van der Waals surface area contributed by atoms with Gasteiger partial charge < -0.3 is 5.11 Å². The Hall–Kier alpha value is -3.02. The van der Waals surface area contributed by atoms with Gasteiger partial charge in [-0.1, -0.05) is 5.21 Å². The number of rotatable bonds is 3. The molecule has 0 atom stereocenters. The van der Waals surface area contributed by atoms with Gasteiger partial charge in [-0.25, -0.2) is 13.9 Å². The highest BCUT2D eigenvalue weighted by molar-refractivity contribution is 5.87. The number of halogens is 1. The number of aromatic nitrogens is 3. The molecule has 0 saturated carbocycles. The van der Waals surface area contributed by atoms with E-state index in [2.05, 4.69) is 10.3 Å². The number of aromatic carboxylic acids is 1. The molecule has 2 aromatic carbocycles. The second kappa shape index (κ2) is 5.40. The zero-order chi connectivity index (χ0) is 15.7. The fraction of sp³-hybridized carbons (Fsp3) is 0.0625. The topological polar surface area (TPSA) is 68.0 Å². The van der Waals surface area contributed by atoms with E-state index in [-0.39, 0.29) is 11.4 Å². The molecule has 0 aliphatic carbocycles. The Balaban J connectivity index is 2.04. The SMILES string of the molecule is Cc1cc(-c2cnnn2-c2ccc(C(=O)O)cc2)ccc1F. The molecule has 0 aliphatic heterocycles. The number of nitrogens with zero attached hydrogens (tertiary/aromatic N) is 3. The van der Waals surface area contributed by atoms with Gasteiger partial charge in [-0.15, -0.1) is 5.10 Å². The minimum atomic E-state index is -0.987. The van der Waals surface area contributed by atoms with Gasteiger partial charge in [0.05, 0.1) is 23.1 Å². The molecular weight excluding hydrogens is 285 g/mol. The summed E-state index contributed by atoms with van der Waals surface area (Å²) < 4.78 is 15.0. The lowest BCUT2D eigenvalue weighted by molar-refractivity contribution is 0.0697. The maximum Gasteiger partial charge on any atom is 0.335 e. The average Bonchev–Trinajstić information content (AvgIpc) is 2.99. The molecule has 0 amide bonds. The van der Waals surface area contributed by atoms with Gasteiger partial charge in [0.1, 0.15) is 5.82 Å². The van der Waals surface area contributed by atoms with E-state index in [4.69, 9.17) is 5.11 Å². The van der Waals surface area contributed by atoms with Gasteiger partial charge in [-0.3, -0.25) is 0 Å². The summed E-state index contributed by atoms with van der Waals surface area (Å²) in [6.07, 6.45) is 1.58. The molecule has 22 heavy (non-hydrogen) atoms. The first-order chi connectivity index (χ1) is 10.6. The van der Waals surface area contributed by atoms with E-state index in [1.54, 1.807) is 42.1 Å². The van der Waals surface area contributed by atoms with E-state index in [0.29, 0.717) is 16.9 Å². The Morgan fingerprint density at radius 2 is 1.91 bits per heavy atom. The second-order valence-electron chi connectivity index (χ2n) is 4.85. The van der Waals surface area contributed by atoms with Crippen molar-refractivity contribution >= 4 is 5.97 Å². The van der Waals surface area contributed by atoms with E-state index in [1.807, 2.05) is 0 Å². The van der Waals surface area contributed by atoms with Crippen molar-refractivity contribution in [3.63, 3.8) is 0 Å². The fourth-order valence-corrected chi connectivity index (χ4v) is 2.17. The molecule has 6 heteroatoms. The minimum Gasteiger partial charge on any atom is -0.478 e. The highest BCUT2D eigenvalue weighted by atomic mass is 19.1. The number of aryl methyl sites for hydroxylation is 1. The smallest absolute Gasteiger partial charge is 0.335 e. The molecule has 3 aromatic rings. The lowest BCUT2D eigenvalue weighted by atomic mass is 10.1. The molecular formula is C16H12FN3O2. The summed E-state index contributed by atoms with van der Waals surface area (Å²) in [5.41, 5.74) is 2.89. The van der Waals surface area contributed by atoms with Crippen LogP contribution in [0.3, 0.4) is 0 Å². The second-order valence-corrected chi connectivity index (χ2v) is 4.85. The quantitative estimate of drug-likeness (QED) is 0.806. The van der Waals surface area contributed by atoms with Crippen LogP contribution in [0.1, 0.15) is 15.9 Å². The van der Waals surface area contributed by atoms with Gasteiger partial charge in [0.15, 0.2) is 0 Å². The molecule has 5 nitrogen and oxygen atoms in total. The number of hydrogen-bond donors (Lipinski definition) is 1. The zero-order valence-corrected chi connectivity index (χ0v) is 11.7. The monoisotopic (exact) mass is 297 g/mol. The van der Waals surface area contributed by atoms with Crippen LogP contribution in [-0.2, 0) is 0 Å². The van der Waals surface area contributed by atoms with Crippen LogP contribution in [0, 0.1) is 12.7 Å². The van der Waals surface area contributed by atoms with Gasteiger partial charge in [0.25, 0.3) is 0 Å². The van der Waals surface area contributed by atoms with Gasteiger partial charge in [0, 0.05) is 5.56 Å². The summed E-state index contributed by atoms with van der Waals surface area (Å²) in [5, 5.41) is 16.8. The largest absolute Gasteiger partial charge is 0.478 e.